The summed E-state index contributed by atoms with van der Waals surface area (Å²) in [5.74, 6) is 1.26. The Hall–Kier alpha value is -1.95. The van der Waals surface area contributed by atoms with Crippen molar-refractivity contribution in [1.29, 1.82) is 0 Å². The van der Waals surface area contributed by atoms with Crippen LogP contribution in [0.15, 0.2) is 47.5 Å². The average Bonchev–Trinajstić information content (AvgIpc) is 3.00. The second-order valence-corrected chi connectivity index (χ2v) is 5.92. The van der Waals surface area contributed by atoms with Gasteiger partial charge in [0.25, 0.3) is 0 Å². The summed E-state index contributed by atoms with van der Waals surface area (Å²) in [4.78, 5) is 8.86. The number of hydrogen-bond donors (Lipinski definition) is 1. The molecule has 3 heterocycles. The van der Waals surface area contributed by atoms with Gasteiger partial charge in [0.05, 0.1) is 0 Å². The fourth-order valence-corrected chi connectivity index (χ4v) is 2.65. The zero-order valence-corrected chi connectivity index (χ0v) is 13.3. The maximum absolute atomic E-state index is 4.43. The zero-order chi connectivity index (χ0) is 14.7. The van der Waals surface area contributed by atoms with Crippen LogP contribution in [-0.4, -0.2) is 26.3 Å². The minimum Gasteiger partial charge on any atom is -0.368 e. The molecule has 1 unspecified atom stereocenters. The Kier molecular flexibility index (Phi) is 4.15. The molecule has 0 fully saturated rings. The molecule has 0 aromatic carbocycles. The van der Waals surface area contributed by atoms with Gasteiger partial charge in [0, 0.05) is 47.7 Å². The van der Waals surface area contributed by atoms with Crippen molar-refractivity contribution >= 4 is 32.7 Å². The van der Waals surface area contributed by atoms with Crippen LogP contribution >= 0.6 is 15.9 Å². The molecule has 0 bridgehead atoms. The van der Waals surface area contributed by atoms with Gasteiger partial charge in [0.2, 0.25) is 0 Å². The van der Waals surface area contributed by atoms with Crippen molar-refractivity contribution in [3.05, 3.63) is 47.5 Å². The van der Waals surface area contributed by atoms with Crippen LogP contribution in [0.5, 0.6) is 0 Å². The van der Waals surface area contributed by atoms with Crippen LogP contribution in [0.3, 0.4) is 0 Å². The number of fused-ring (bicyclic) bond motifs is 1. The molecule has 3 aromatic heterocycles. The van der Waals surface area contributed by atoms with Crippen LogP contribution in [0, 0.1) is 5.92 Å². The first-order valence-electron chi connectivity index (χ1n) is 6.84. The summed E-state index contributed by atoms with van der Waals surface area (Å²) in [5, 5.41) is 8.68. The van der Waals surface area contributed by atoms with E-state index in [1.807, 2.05) is 35.3 Å². The number of nitrogens with one attached hydrogen (secondary N) is 1. The molecule has 6 heteroatoms. The first-order valence-corrected chi connectivity index (χ1v) is 7.64. The van der Waals surface area contributed by atoms with Gasteiger partial charge >= 0.3 is 0 Å². The van der Waals surface area contributed by atoms with E-state index in [1.54, 1.807) is 12.4 Å². The summed E-state index contributed by atoms with van der Waals surface area (Å²) >= 11 is 3.51. The molecule has 0 saturated carbocycles. The van der Waals surface area contributed by atoms with Gasteiger partial charge in [0.15, 0.2) is 5.82 Å². The van der Waals surface area contributed by atoms with Crippen molar-refractivity contribution < 1.29 is 0 Å². The van der Waals surface area contributed by atoms with Gasteiger partial charge in [-0.05, 0) is 40.0 Å². The summed E-state index contributed by atoms with van der Waals surface area (Å²) in [6.45, 7) is 3.88. The molecule has 3 aromatic rings. The summed E-state index contributed by atoms with van der Waals surface area (Å²) in [7, 11) is 0. The zero-order valence-electron chi connectivity index (χ0n) is 11.7. The predicted octanol–water partition coefficient (Wildman–Crippen LogP) is 3.34. The van der Waals surface area contributed by atoms with Gasteiger partial charge < -0.3 is 5.32 Å². The fraction of sp³-hybridized carbons (Fsp3) is 0.267. The van der Waals surface area contributed by atoms with Crippen LogP contribution in [0.4, 0.5) is 5.82 Å². The highest BCUT2D eigenvalue weighted by molar-refractivity contribution is 9.10. The lowest BCUT2D eigenvalue weighted by molar-refractivity contribution is 0.467. The lowest BCUT2D eigenvalue weighted by atomic mass is 10.2. The van der Waals surface area contributed by atoms with Gasteiger partial charge in [-0.2, -0.15) is 5.10 Å². The molecule has 108 valence electrons. The highest BCUT2D eigenvalue weighted by Crippen LogP contribution is 2.26. The van der Waals surface area contributed by atoms with E-state index in [2.05, 4.69) is 43.2 Å². The molecule has 5 nitrogen and oxygen atoms in total. The Morgan fingerprint density at radius 1 is 1.29 bits per heavy atom. The van der Waals surface area contributed by atoms with Crippen molar-refractivity contribution in [2.24, 2.45) is 5.92 Å². The SMILES string of the molecule is CC(CNc1ncc(Br)c2cccnc12)Cn1cccn1. The van der Waals surface area contributed by atoms with Crippen LogP contribution < -0.4 is 5.32 Å². The first-order chi connectivity index (χ1) is 10.2. The molecular formula is C15H16BrN5. The van der Waals surface area contributed by atoms with E-state index in [0.29, 0.717) is 5.92 Å². The fourth-order valence-electron chi connectivity index (χ4n) is 2.23. The largest absolute Gasteiger partial charge is 0.368 e. The first kappa shape index (κ1) is 14.0. The third kappa shape index (κ3) is 3.21. The van der Waals surface area contributed by atoms with Crippen molar-refractivity contribution in [2.75, 3.05) is 11.9 Å². The highest BCUT2D eigenvalue weighted by atomic mass is 79.9. The third-order valence-corrected chi connectivity index (χ3v) is 3.90. The van der Waals surface area contributed by atoms with Crippen LogP contribution in [0.1, 0.15) is 6.92 Å². The number of anilines is 1. The Morgan fingerprint density at radius 3 is 3.00 bits per heavy atom. The van der Waals surface area contributed by atoms with Gasteiger partial charge in [-0.1, -0.05) is 6.92 Å². The van der Waals surface area contributed by atoms with Crippen LogP contribution in [-0.2, 0) is 6.54 Å². The van der Waals surface area contributed by atoms with E-state index < -0.39 is 0 Å². The van der Waals surface area contributed by atoms with E-state index in [0.717, 1.165) is 34.3 Å². The van der Waals surface area contributed by atoms with Crippen molar-refractivity contribution in [1.82, 2.24) is 19.7 Å². The number of rotatable bonds is 5. The summed E-state index contributed by atoms with van der Waals surface area (Å²) < 4.78 is 2.90. The lowest BCUT2D eigenvalue weighted by Gasteiger charge is -2.14. The standard InChI is InChI=1S/C15H16BrN5/c1-11(10-21-7-3-6-20-21)8-18-15-14-12(4-2-5-17-14)13(16)9-19-15/h2-7,9,11H,8,10H2,1H3,(H,18,19). The maximum Gasteiger partial charge on any atom is 0.152 e. The number of hydrogen-bond acceptors (Lipinski definition) is 4. The Morgan fingerprint density at radius 2 is 2.19 bits per heavy atom. The number of aromatic nitrogens is 4. The van der Waals surface area contributed by atoms with E-state index >= 15 is 0 Å². The van der Waals surface area contributed by atoms with Crippen LogP contribution in [0.2, 0.25) is 0 Å². The number of nitrogens with zero attached hydrogens (tertiary/aromatic N) is 4. The molecular weight excluding hydrogens is 330 g/mol. The minimum atomic E-state index is 0.439. The normalized spacial score (nSPS) is 12.5. The van der Waals surface area contributed by atoms with Gasteiger partial charge in [-0.25, -0.2) is 4.98 Å². The smallest absolute Gasteiger partial charge is 0.152 e. The van der Waals surface area contributed by atoms with E-state index in [4.69, 9.17) is 0 Å². The Bertz CT molecular complexity index is 726. The second-order valence-electron chi connectivity index (χ2n) is 5.07. The molecule has 0 aliphatic rings. The van der Waals surface area contributed by atoms with Crippen LogP contribution in [0.25, 0.3) is 10.9 Å². The second kappa shape index (κ2) is 6.22. The molecule has 3 rings (SSSR count). The Labute approximate surface area is 131 Å². The molecule has 0 saturated heterocycles. The van der Waals surface area contributed by atoms with E-state index in [1.165, 1.54) is 0 Å². The lowest BCUT2D eigenvalue weighted by Crippen LogP contribution is -2.18. The molecule has 0 radical (unpaired) electrons. The molecule has 1 N–H and O–H groups in total. The van der Waals surface area contributed by atoms with Gasteiger partial charge in [-0.3, -0.25) is 9.67 Å². The summed E-state index contributed by atoms with van der Waals surface area (Å²) in [6, 6.07) is 5.90. The van der Waals surface area contributed by atoms with Gasteiger partial charge in [-0.15, -0.1) is 0 Å². The molecule has 1 atom stereocenters. The quantitative estimate of drug-likeness (QED) is 0.770. The predicted molar refractivity (Wildman–Crippen MR) is 87.1 cm³/mol. The Balaban J connectivity index is 1.72. The summed E-state index contributed by atoms with van der Waals surface area (Å²) in [6.07, 6.45) is 7.37. The molecule has 0 aliphatic heterocycles. The van der Waals surface area contributed by atoms with E-state index in [-0.39, 0.29) is 0 Å². The minimum absolute atomic E-state index is 0.439. The number of halogens is 1. The van der Waals surface area contributed by atoms with Gasteiger partial charge in [0.1, 0.15) is 5.52 Å². The molecule has 0 aliphatic carbocycles. The molecule has 21 heavy (non-hydrogen) atoms. The topological polar surface area (TPSA) is 55.6 Å². The van der Waals surface area contributed by atoms with Crippen molar-refractivity contribution in [3.8, 4) is 0 Å². The molecule has 0 spiro atoms. The highest BCUT2D eigenvalue weighted by Gasteiger charge is 2.09. The average molecular weight is 346 g/mol. The van der Waals surface area contributed by atoms with Crippen molar-refractivity contribution in [3.63, 3.8) is 0 Å². The third-order valence-electron chi connectivity index (χ3n) is 3.27. The summed E-state index contributed by atoms with van der Waals surface area (Å²) in [5.41, 5.74) is 0.887. The monoisotopic (exact) mass is 345 g/mol. The molecule has 0 amide bonds. The van der Waals surface area contributed by atoms with Crippen molar-refractivity contribution in [2.45, 2.75) is 13.5 Å². The number of pyridine rings is 2. The maximum atomic E-state index is 4.43. The van der Waals surface area contributed by atoms with E-state index in [9.17, 15) is 0 Å².